The summed E-state index contributed by atoms with van der Waals surface area (Å²) in [4.78, 5) is 0. The summed E-state index contributed by atoms with van der Waals surface area (Å²) in [5, 5.41) is 12.2. The van der Waals surface area contributed by atoms with Crippen molar-refractivity contribution < 1.29 is 0 Å². The Morgan fingerprint density at radius 3 is 2.94 bits per heavy atom. The third-order valence-corrected chi connectivity index (χ3v) is 3.03. The Bertz CT molecular complexity index is 521. The summed E-state index contributed by atoms with van der Waals surface area (Å²) in [6.45, 7) is 6.42. The predicted molar refractivity (Wildman–Crippen MR) is 72.7 cm³/mol. The number of hydrogen-bond donors (Lipinski definition) is 1. The van der Waals surface area contributed by atoms with E-state index < -0.39 is 0 Å². The zero-order chi connectivity index (χ0) is 13.0. The fourth-order valence-electron chi connectivity index (χ4n) is 1.70. The molecule has 0 aliphatic rings. The van der Waals surface area contributed by atoms with Crippen molar-refractivity contribution in [2.24, 2.45) is 0 Å². The lowest BCUT2D eigenvalue weighted by Gasteiger charge is -2.04. The van der Waals surface area contributed by atoms with Crippen molar-refractivity contribution in [2.75, 3.05) is 6.54 Å². The standard InChI is InChI=1S/C13H17ClN4/c1-3-15-7-12-9-18(17-16-12)8-11-5-4-10(2)6-13(11)14/h4-6,9,15H,3,7-8H2,1-2H3. The molecular weight excluding hydrogens is 248 g/mol. The minimum atomic E-state index is 0.651. The average molecular weight is 265 g/mol. The molecule has 5 heteroatoms. The molecule has 4 nitrogen and oxygen atoms in total. The predicted octanol–water partition coefficient (Wildman–Crippen LogP) is 2.40. The quantitative estimate of drug-likeness (QED) is 0.902. The topological polar surface area (TPSA) is 42.7 Å². The summed E-state index contributed by atoms with van der Waals surface area (Å²) < 4.78 is 1.81. The molecule has 96 valence electrons. The Kier molecular flexibility index (Phi) is 4.33. The molecule has 0 aliphatic carbocycles. The molecule has 2 aromatic rings. The molecule has 0 unspecified atom stereocenters. The minimum absolute atomic E-state index is 0.651. The zero-order valence-electron chi connectivity index (χ0n) is 10.7. The van der Waals surface area contributed by atoms with E-state index in [4.69, 9.17) is 11.6 Å². The molecule has 0 amide bonds. The highest BCUT2D eigenvalue weighted by Crippen LogP contribution is 2.18. The number of aromatic nitrogens is 3. The van der Waals surface area contributed by atoms with Crippen LogP contribution >= 0.6 is 11.6 Å². The zero-order valence-corrected chi connectivity index (χ0v) is 11.4. The highest BCUT2D eigenvalue weighted by molar-refractivity contribution is 6.31. The molecule has 0 atom stereocenters. The summed E-state index contributed by atoms with van der Waals surface area (Å²) in [5.74, 6) is 0. The third-order valence-electron chi connectivity index (χ3n) is 2.68. The van der Waals surface area contributed by atoms with E-state index in [1.807, 2.05) is 29.9 Å². The van der Waals surface area contributed by atoms with Crippen LogP contribution in [0.3, 0.4) is 0 Å². The first-order valence-electron chi connectivity index (χ1n) is 6.04. The van der Waals surface area contributed by atoms with Crippen LogP contribution in [0.25, 0.3) is 0 Å². The van der Waals surface area contributed by atoms with Crippen LogP contribution in [0.4, 0.5) is 0 Å². The van der Waals surface area contributed by atoms with E-state index in [0.29, 0.717) is 6.54 Å². The molecule has 0 saturated heterocycles. The highest BCUT2D eigenvalue weighted by atomic mass is 35.5. The van der Waals surface area contributed by atoms with Gasteiger partial charge in [0.15, 0.2) is 0 Å². The van der Waals surface area contributed by atoms with Gasteiger partial charge in [-0.15, -0.1) is 5.10 Å². The smallest absolute Gasteiger partial charge is 0.0964 e. The summed E-state index contributed by atoms with van der Waals surface area (Å²) in [7, 11) is 0. The lowest BCUT2D eigenvalue weighted by atomic mass is 10.1. The van der Waals surface area contributed by atoms with Crippen molar-refractivity contribution in [1.82, 2.24) is 20.3 Å². The molecule has 18 heavy (non-hydrogen) atoms. The number of hydrogen-bond acceptors (Lipinski definition) is 3. The first-order chi connectivity index (χ1) is 8.69. The van der Waals surface area contributed by atoms with Crippen LogP contribution in [0.2, 0.25) is 5.02 Å². The van der Waals surface area contributed by atoms with Crippen LogP contribution in [0, 0.1) is 6.92 Å². The number of benzene rings is 1. The third kappa shape index (κ3) is 3.31. The second kappa shape index (κ2) is 5.98. The Morgan fingerprint density at radius 1 is 1.39 bits per heavy atom. The van der Waals surface area contributed by atoms with E-state index in [-0.39, 0.29) is 0 Å². The summed E-state index contributed by atoms with van der Waals surface area (Å²) >= 11 is 6.20. The summed E-state index contributed by atoms with van der Waals surface area (Å²) in [6.07, 6.45) is 1.94. The van der Waals surface area contributed by atoms with Crippen LogP contribution in [0.5, 0.6) is 0 Å². The van der Waals surface area contributed by atoms with Crippen molar-refractivity contribution in [1.29, 1.82) is 0 Å². The average Bonchev–Trinajstić information content (AvgIpc) is 2.78. The van der Waals surface area contributed by atoms with Gasteiger partial charge >= 0.3 is 0 Å². The highest BCUT2D eigenvalue weighted by Gasteiger charge is 2.04. The number of rotatable bonds is 5. The van der Waals surface area contributed by atoms with Crippen molar-refractivity contribution in [3.8, 4) is 0 Å². The number of nitrogens with one attached hydrogen (secondary N) is 1. The molecule has 1 aromatic heterocycles. The van der Waals surface area contributed by atoms with Gasteiger partial charge in [0.25, 0.3) is 0 Å². The lowest BCUT2D eigenvalue weighted by molar-refractivity contribution is 0.648. The van der Waals surface area contributed by atoms with Gasteiger partial charge in [-0.25, -0.2) is 4.68 Å². The van der Waals surface area contributed by atoms with E-state index in [1.54, 1.807) is 0 Å². The van der Waals surface area contributed by atoms with Gasteiger partial charge in [0.05, 0.1) is 18.4 Å². The molecule has 1 N–H and O–H groups in total. The number of aryl methyl sites for hydroxylation is 1. The van der Waals surface area contributed by atoms with E-state index in [0.717, 1.165) is 34.9 Å². The van der Waals surface area contributed by atoms with Crippen molar-refractivity contribution >= 4 is 11.6 Å². The monoisotopic (exact) mass is 264 g/mol. The van der Waals surface area contributed by atoms with Gasteiger partial charge in [0, 0.05) is 11.6 Å². The Labute approximate surface area is 112 Å². The molecule has 2 rings (SSSR count). The fraction of sp³-hybridized carbons (Fsp3) is 0.385. The molecule has 0 saturated carbocycles. The molecular formula is C13H17ClN4. The maximum absolute atomic E-state index is 6.20. The second-order valence-electron chi connectivity index (χ2n) is 4.28. The molecule has 0 fully saturated rings. The Hall–Kier alpha value is -1.39. The first kappa shape index (κ1) is 13.1. The fourth-order valence-corrected chi connectivity index (χ4v) is 2.00. The van der Waals surface area contributed by atoms with Gasteiger partial charge in [0.2, 0.25) is 0 Å². The van der Waals surface area contributed by atoms with Crippen molar-refractivity contribution in [3.05, 3.63) is 46.2 Å². The second-order valence-corrected chi connectivity index (χ2v) is 4.69. The van der Waals surface area contributed by atoms with Crippen LogP contribution in [0.15, 0.2) is 24.4 Å². The van der Waals surface area contributed by atoms with Crippen LogP contribution in [-0.4, -0.2) is 21.5 Å². The van der Waals surface area contributed by atoms with Gasteiger partial charge in [0.1, 0.15) is 0 Å². The van der Waals surface area contributed by atoms with E-state index >= 15 is 0 Å². The molecule has 0 radical (unpaired) electrons. The van der Waals surface area contributed by atoms with E-state index in [2.05, 4.69) is 28.6 Å². The van der Waals surface area contributed by atoms with Crippen molar-refractivity contribution in [2.45, 2.75) is 26.9 Å². The van der Waals surface area contributed by atoms with Gasteiger partial charge in [-0.2, -0.15) is 0 Å². The summed E-state index contributed by atoms with van der Waals surface area (Å²) in [5.41, 5.74) is 3.16. The molecule has 0 aliphatic heterocycles. The van der Waals surface area contributed by atoms with E-state index in [9.17, 15) is 0 Å². The normalized spacial score (nSPS) is 10.8. The van der Waals surface area contributed by atoms with Gasteiger partial charge in [-0.3, -0.25) is 0 Å². The molecule has 0 spiro atoms. The lowest BCUT2D eigenvalue weighted by Crippen LogP contribution is -2.11. The van der Waals surface area contributed by atoms with Gasteiger partial charge in [-0.1, -0.05) is 35.9 Å². The molecule has 1 aromatic carbocycles. The largest absolute Gasteiger partial charge is 0.311 e. The summed E-state index contributed by atoms with van der Waals surface area (Å²) in [6, 6.07) is 6.05. The van der Waals surface area contributed by atoms with Gasteiger partial charge in [-0.05, 0) is 30.7 Å². The van der Waals surface area contributed by atoms with Crippen LogP contribution in [-0.2, 0) is 13.1 Å². The first-order valence-corrected chi connectivity index (χ1v) is 6.41. The van der Waals surface area contributed by atoms with E-state index in [1.165, 1.54) is 0 Å². The van der Waals surface area contributed by atoms with Crippen molar-refractivity contribution in [3.63, 3.8) is 0 Å². The number of halogens is 1. The van der Waals surface area contributed by atoms with Crippen LogP contribution < -0.4 is 5.32 Å². The van der Waals surface area contributed by atoms with Gasteiger partial charge < -0.3 is 5.32 Å². The Balaban J connectivity index is 2.06. The molecule has 1 heterocycles. The molecule has 0 bridgehead atoms. The Morgan fingerprint density at radius 2 is 2.22 bits per heavy atom. The maximum Gasteiger partial charge on any atom is 0.0964 e. The van der Waals surface area contributed by atoms with Crippen LogP contribution in [0.1, 0.15) is 23.7 Å². The minimum Gasteiger partial charge on any atom is -0.311 e. The number of nitrogens with zero attached hydrogens (tertiary/aromatic N) is 3. The SMILES string of the molecule is CCNCc1cn(Cc2ccc(C)cc2Cl)nn1. The maximum atomic E-state index is 6.20.